The van der Waals surface area contributed by atoms with Gasteiger partial charge in [0.15, 0.2) is 5.82 Å². The molecule has 7 heteroatoms. The van der Waals surface area contributed by atoms with Gasteiger partial charge in [-0.25, -0.2) is 14.2 Å². The fraction of sp³-hybridized carbons (Fsp3) is 0.0833. The van der Waals surface area contributed by atoms with Crippen LogP contribution in [0, 0.1) is 5.82 Å². The lowest BCUT2D eigenvalue weighted by Gasteiger charge is -2.10. The van der Waals surface area contributed by atoms with Crippen LogP contribution in [0.1, 0.15) is 10.4 Å². The number of hydrogen-bond acceptors (Lipinski definition) is 6. The molecule has 2 aromatic heterocycles. The number of carbonyl (C=O) groups is 1. The molecule has 0 unspecified atom stereocenters. The van der Waals surface area contributed by atoms with Gasteiger partial charge in [0, 0.05) is 12.3 Å². The first-order chi connectivity index (χ1) is 9.11. The summed E-state index contributed by atoms with van der Waals surface area (Å²) >= 11 is 0. The van der Waals surface area contributed by atoms with E-state index in [0.29, 0.717) is 5.69 Å². The number of nitrogen functional groups attached to an aromatic ring is 1. The molecule has 2 aromatic rings. The number of nitrogens with two attached hydrogens (primary N) is 1. The van der Waals surface area contributed by atoms with Crippen LogP contribution in [0.3, 0.4) is 0 Å². The van der Waals surface area contributed by atoms with E-state index >= 15 is 0 Å². The van der Waals surface area contributed by atoms with Gasteiger partial charge < -0.3 is 15.8 Å². The van der Waals surface area contributed by atoms with E-state index in [4.69, 9.17) is 5.73 Å². The van der Waals surface area contributed by atoms with Crippen molar-refractivity contribution in [3.63, 3.8) is 0 Å². The third kappa shape index (κ3) is 2.76. The molecule has 0 amide bonds. The van der Waals surface area contributed by atoms with Crippen molar-refractivity contribution in [2.45, 2.75) is 0 Å². The maximum atomic E-state index is 13.0. The zero-order valence-electron chi connectivity index (χ0n) is 10.1. The molecule has 0 radical (unpaired) electrons. The molecular formula is C12H11FN4O2. The quantitative estimate of drug-likeness (QED) is 0.819. The van der Waals surface area contributed by atoms with Gasteiger partial charge in [0.1, 0.15) is 5.82 Å². The summed E-state index contributed by atoms with van der Waals surface area (Å²) in [6.07, 6.45) is 3.89. The number of rotatable bonds is 3. The Labute approximate surface area is 108 Å². The van der Waals surface area contributed by atoms with Crippen molar-refractivity contribution in [2.75, 3.05) is 18.2 Å². The summed E-state index contributed by atoms with van der Waals surface area (Å²) in [5.74, 6) is -0.830. The van der Waals surface area contributed by atoms with Crippen molar-refractivity contribution in [3.8, 4) is 0 Å². The Morgan fingerprint density at radius 2 is 2.26 bits per heavy atom. The zero-order chi connectivity index (χ0) is 13.8. The van der Waals surface area contributed by atoms with Gasteiger partial charge in [-0.3, -0.25) is 4.98 Å². The number of aromatic nitrogens is 2. The lowest BCUT2D eigenvalue weighted by Crippen LogP contribution is -2.09. The summed E-state index contributed by atoms with van der Waals surface area (Å²) in [5.41, 5.74) is 6.49. The van der Waals surface area contributed by atoms with E-state index in [1.165, 1.54) is 31.6 Å². The van der Waals surface area contributed by atoms with Gasteiger partial charge in [-0.15, -0.1) is 0 Å². The Morgan fingerprint density at radius 3 is 2.95 bits per heavy atom. The number of anilines is 3. The molecule has 3 N–H and O–H groups in total. The first-order valence-corrected chi connectivity index (χ1v) is 5.32. The molecule has 0 atom stereocenters. The molecule has 2 heterocycles. The van der Waals surface area contributed by atoms with Crippen LogP contribution in [-0.4, -0.2) is 23.0 Å². The van der Waals surface area contributed by atoms with E-state index in [0.717, 1.165) is 6.20 Å². The molecule has 0 saturated carbocycles. The predicted octanol–water partition coefficient (Wildman–Crippen LogP) is 1.73. The molecule has 98 valence electrons. The van der Waals surface area contributed by atoms with Gasteiger partial charge in [-0.05, 0) is 6.07 Å². The van der Waals surface area contributed by atoms with Crippen molar-refractivity contribution in [1.82, 2.24) is 9.97 Å². The molecule has 19 heavy (non-hydrogen) atoms. The molecule has 0 saturated heterocycles. The maximum Gasteiger partial charge on any atom is 0.340 e. The standard InChI is InChI=1S/C12H11FN4O2/c1-19-12(18)9-2-3-16-11(10(9)14)17-8-4-7(13)5-15-6-8/h2-6H,14H2,1H3,(H,16,17). The Balaban J connectivity index is 2.33. The second kappa shape index (κ2) is 5.30. The van der Waals surface area contributed by atoms with Crippen molar-refractivity contribution in [2.24, 2.45) is 0 Å². The van der Waals surface area contributed by atoms with Gasteiger partial charge in [0.2, 0.25) is 0 Å². The third-order valence-electron chi connectivity index (χ3n) is 2.36. The summed E-state index contributed by atoms with van der Waals surface area (Å²) in [6, 6.07) is 2.68. The Morgan fingerprint density at radius 1 is 1.47 bits per heavy atom. The van der Waals surface area contributed by atoms with E-state index in [1.54, 1.807) is 0 Å². The highest BCUT2D eigenvalue weighted by molar-refractivity contribution is 5.97. The van der Waals surface area contributed by atoms with E-state index in [2.05, 4.69) is 20.0 Å². The van der Waals surface area contributed by atoms with E-state index in [-0.39, 0.29) is 17.1 Å². The van der Waals surface area contributed by atoms with Gasteiger partial charge >= 0.3 is 5.97 Å². The molecule has 0 spiro atoms. The van der Waals surface area contributed by atoms with Crippen LogP contribution < -0.4 is 11.1 Å². The molecule has 0 bridgehead atoms. The highest BCUT2D eigenvalue weighted by Crippen LogP contribution is 2.24. The van der Waals surface area contributed by atoms with Crippen LogP contribution in [0.4, 0.5) is 21.6 Å². The van der Waals surface area contributed by atoms with E-state index < -0.39 is 11.8 Å². The summed E-state index contributed by atoms with van der Waals surface area (Å²) in [6.45, 7) is 0. The minimum absolute atomic E-state index is 0.124. The van der Waals surface area contributed by atoms with Crippen LogP contribution >= 0.6 is 0 Å². The van der Waals surface area contributed by atoms with Gasteiger partial charge in [-0.2, -0.15) is 0 Å². The SMILES string of the molecule is COC(=O)c1ccnc(Nc2cncc(F)c2)c1N. The lowest BCUT2D eigenvalue weighted by atomic mass is 10.2. The summed E-state index contributed by atoms with van der Waals surface area (Å²) in [4.78, 5) is 19.1. The average Bonchev–Trinajstić information content (AvgIpc) is 2.40. The Hall–Kier alpha value is -2.70. The van der Waals surface area contributed by atoms with Crippen molar-refractivity contribution < 1.29 is 13.9 Å². The Kier molecular flexibility index (Phi) is 3.56. The monoisotopic (exact) mass is 262 g/mol. The largest absolute Gasteiger partial charge is 0.465 e. The smallest absolute Gasteiger partial charge is 0.340 e. The van der Waals surface area contributed by atoms with Crippen molar-refractivity contribution >= 4 is 23.2 Å². The number of halogens is 1. The van der Waals surface area contributed by atoms with Crippen LogP contribution in [0.2, 0.25) is 0 Å². The number of pyridine rings is 2. The molecular weight excluding hydrogens is 251 g/mol. The zero-order valence-corrected chi connectivity index (χ0v) is 10.1. The minimum Gasteiger partial charge on any atom is -0.465 e. The lowest BCUT2D eigenvalue weighted by molar-refractivity contribution is 0.0602. The minimum atomic E-state index is -0.569. The fourth-order valence-electron chi connectivity index (χ4n) is 1.48. The van der Waals surface area contributed by atoms with Crippen LogP contribution in [0.15, 0.2) is 30.7 Å². The maximum absolute atomic E-state index is 13.0. The van der Waals surface area contributed by atoms with Crippen molar-refractivity contribution in [3.05, 3.63) is 42.1 Å². The first-order valence-electron chi connectivity index (χ1n) is 5.32. The normalized spacial score (nSPS) is 10.0. The molecule has 0 aliphatic rings. The van der Waals surface area contributed by atoms with Crippen LogP contribution in [-0.2, 0) is 4.74 Å². The average molecular weight is 262 g/mol. The number of carbonyl (C=O) groups excluding carboxylic acids is 1. The van der Waals surface area contributed by atoms with Crippen LogP contribution in [0.5, 0.6) is 0 Å². The van der Waals surface area contributed by atoms with E-state index in [9.17, 15) is 9.18 Å². The number of hydrogen-bond donors (Lipinski definition) is 2. The molecule has 0 fully saturated rings. The first kappa shape index (κ1) is 12.7. The molecule has 0 aliphatic heterocycles. The highest BCUT2D eigenvalue weighted by atomic mass is 19.1. The number of nitrogens with zero attached hydrogens (tertiary/aromatic N) is 2. The topological polar surface area (TPSA) is 90.1 Å². The second-order valence-electron chi connectivity index (χ2n) is 3.63. The fourth-order valence-corrected chi connectivity index (χ4v) is 1.48. The molecule has 0 aliphatic carbocycles. The number of nitrogens with one attached hydrogen (secondary N) is 1. The molecule has 0 aromatic carbocycles. The van der Waals surface area contributed by atoms with E-state index in [1.807, 2.05) is 0 Å². The summed E-state index contributed by atoms with van der Waals surface area (Å²) in [5, 5.41) is 2.79. The second-order valence-corrected chi connectivity index (χ2v) is 3.63. The van der Waals surface area contributed by atoms with Gasteiger partial charge in [-0.1, -0.05) is 0 Å². The van der Waals surface area contributed by atoms with Gasteiger partial charge in [0.25, 0.3) is 0 Å². The summed E-state index contributed by atoms with van der Waals surface area (Å²) in [7, 11) is 1.26. The Bertz CT molecular complexity index is 618. The molecule has 6 nitrogen and oxygen atoms in total. The number of ether oxygens (including phenoxy) is 1. The van der Waals surface area contributed by atoms with Crippen molar-refractivity contribution in [1.29, 1.82) is 0 Å². The number of methoxy groups -OCH3 is 1. The summed E-state index contributed by atoms with van der Waals surface area (Å²) < 4.78 is 17.6. The predicted molar refractivity (Wildman–Crippen MR) is 67.5 cm³/mol. The highest BCUT2D eigenvalue weighted by Gasteiger charge is 2.14. The van der Waals surface area contributed by atoms with Crippen LogP contribution in [0.25, 0.3) is 0 Å². The third-order valence-corrected chi connectivity index (χ3v) is 2.36. The molecule has 2 rings (SSSR count). The number of esters is 1. The van der Waals surface area contributed by atoms with Gasteiger partial charge in [0.05, 0.1) is 36.4 Å².